The molecule has 16 heavy (non-hydrogen) atoms. The zero-order valence-corrected chi connectivity index (χ0v) is 10.7. The monoisotopic (exact) mass is 240 g/mol. The second-order valence-corrected chi connectivity index (χ2v) is 4.72. The average Bonchev–Trinajstić information content (AvgIpc) is 2.32. The van der Waals surface area contributed by atoms with Crippen molar-refractivity contribution >= 4 is 11.8 Å². The van der Waals surface area contributed by atoms with Gasteiger partial charge < -0.3 is 4.74 Å². The predicted molar refractivity (Wildman–Crippen MR) is 69.4 cm³/mol. The minimum atomic E-state index is 0.0700. The Balaban J connectivity index is 2.62. The Labute approximate surface area is 102 Å². The van der Waals surface area contributed by atoms with Crippen LogP contribution in [0.5, 0.6) is 0 Å². The third-order valence-electron chi connectivity index (χ3n) is 2.28. The van der Waals surface area contributed by atoms with Gasteiger partial charge in [-0.2, -0.15) is 0 Å². The number of hydrogen-bond donors (Lipinski definition) is 2. The maximum Gasteiger partial charge on any atom is 0.0693 e. The molecule has 0 saturated carbocycles. The smallest absolute Gasteiger partial charge is 0.0693 e. The number of hydrogen-bond acceptors (Lipinski definition) is 4. The van der Waals surface area contributed by atoms with Crippen LogP contribution in [-0.2, 0) is 4.74 Å². The number of rotatable bonds is 7. The van der Waals surface area contributed by atoms with Crippen molar-refractivity contribution in [2.45, 2.75) is 24.8 Å². The number of thioether (sulfide) groups is 1. The van der Waals surface area contributed by atoms with Gasteiger partial charge in [0.1, 0.15) is 0 Å². The second-order valence-electron chi connectivity index (χ2n) is 3.38. The summed E-state index contributed by atoms with van der Waals surface area (Å²) in [4.78, 5) is 1.29. The number of nitrogens with two attached hydrogens (primary N) is 1. The lowest BCUT2D eigenvalue weighted by Crippen LogP contribution is -2.31. The Hall–Kier alpha value is -0.550. The van der Waals surface area contributed by atoms with E-state index in [4.69, 9.17) is 10.6 Å². The summed E-state index contributed by atoms with van der Waals surface area (Å²) in [5.41, 5.74) is 3.94. The van der Waals surface area contributed by atoms with Crippen molar-refractivity contribution in [1.29, 1.82) is 0 Å². The molecule has 1 aromatic carbocycles. The van der Waals surface area contributed by atoms with E-state index in [1.54, 1.807) is 0 Å². The Morgan fingerprint density at radius 3 is 2.50 bits per heavy atom. The number of ether oxygens (including phenoxy) is 1. The average molecular weight is 240 g/mol. The molecule has 1 atom stereocenters. The maximum atomic E-state index is 5.51. The quantitative estimate of drug-likeness (QED) is 0.436. The molecule has 0 amide bonds. The molecule has 0 radical (unpaired) electrons. The van der Waals surface area contributed by atoms with Gasteiger partial charge in [-0.15, -0.1) is 11.8 Å². The fourth-order valence-electron chi connectivity index (χ4n) is 1.44. The molecule has 3 nitrogen and oxygen atoms in total. The second kappa shape index (κ2) is 7.68. The third kappa shape index (κ3) is 4.14. The third-order valence-corrected chi connectivity index (χ3v) is 3.18. The zero-order valence-electron chi connectivity index (χ0n) is 9.90. The van der Waals surface area contributed by atoms with Crippen molar-refractivity contribution < 1.29 is 4.74 Å². The first kappa shape index (κ1) is 13.5. The highest BCUT2D eigenvalue weighted by molar-refractivity contribution is 7.99. The molecule has 1 unspecified atom stereocenters. The topological polar surface area (TPSA) is 47.3 Å². The predicted octanol–water partition coefficient (Wildman–Crippen LogP) is 2.34. The van der Waals surface area contributed by atoms with Crippen LogP contribution in [0.15, 0.2) is 29.2 Å². The molecule has 0 heterocycles. The number of hydrazine groups is 1. The SMILES string of the molecule is CCOCC(NN)c1ccc(SCC)cc1. The van der Waals surface area contributed by atoms with Gasteiger partial charge >= 0.3 is 0 Å². The van der Waals surface area contributed by atoms with Crippen molar-refractivity contribution in [2.75, 3.05) is 19.0 Å². The summed E-state index contributed by atoms with van der Waals surface area (Å²) in [6.07, 6.45) is 0. The number of benzene rings is 1. The molecule has 3 N–H and O–H groups in total. The maximum absolute atomic E-state index is 5.51. The van der Waals surface area contributed by atoms with Gasteiger partial charge in [-0.1, -0.05) is 19.1 Å². The van der Waals surface area contributed by atoms with Crippen LogP contribution in [-0.4, -0.2) is 19.0 Å². The van der Waals surface area contributed by atoms with Gasteiger partial charge in [-0.25, -0.2) is 0 Å². The van der Waals surface area contributed by atoms with Crippen LogP contribution in [0, 0.1) is 0 Å². The van der Waals surface area contributed by atoms with E-state index in [1.165, 1.54) is 4.90 Å². The molecule has 0 aliphatic carbocycles. The molecular weight excluding hydrogens is 220 g/mol. The zero-order chi connectivity index (χ0) is 11.8. The highest BCUT2D eigenvalue weighted by Gasteiger charge is 2.08. The van der Waals surface area contributed by atoms with Crippen LogP contribution < -0.4 is 11.3 Å². The summed E-state index contributed by atoms with van der Waals surface area (Å²) < 4.78 is 5.37. The van der Waals surface area contributed by atoms with E-state index < -0.39 is 0 Å². The standard InChI is InChI=1S/C12H20N2OS/c1-3-15-9-12(14-13)10-5-7-11(8-6-10)16-4-2/h5-8,12,14H,3-4,9,13H2,1-2H3. The first-order valence-electron chi connectivity index (χ1n) is 5.58. The fourth-order valence-corrected chi connectivity index (χ4v) is 2.10. The Kier molecular flexibility index (Phi) is 6.49. The van der Waals surface area contributed by atoms with Crippen LogP contribution in [0.1, 0.15) is 25.5 Å². The molecule has 0 bridgehead atoms. The Morgan fingerprint density at radius 1 is 1.31 bits per heavy atom. The van der Waals surface area contributed by atoms with Crippen molar-refractivity contribution in [3.8, 4) is 0 Å². The van der Waals surface area contributed by atoms with Gasteiger partial charge in [0.25, 0.3) is 0 Å². The Morgan fingerprint density at radius 2 is 2.00 bits per heavy atom. The molecule has 0 fully saturated rings. The molecule has 0 aliphatic rings. The van der Waals surface area contributed by atoms with E-state index in [0.29, 0.717) is 13.2 Å². The molecular formula is C12H20N2OS. The number of nitrogens with one attached hydrogen (secondary N) is 1. The minimum absolute atomic E-state index is 0.0700. The summed E-state index contributed by atoms with van der Waals surface area (Å²) in [6.45, 7) is 5.45. The van der Waals surface area contributed by atoms with E-state index in [1.807, 2.05) is 18.7 Å². The first-order chi connectivity index (χ1) is 7.81. The minimum Gasteiger partial charge on any atom is -0.380 e. The highest BCUT2D eigenvalue weighted by Crippen LogP contribution is 2.20. The van der Waals surface area contributed by atoms with Crippen LogP contribution in [0.2, 0.25) is 0 Å². The van der Waals surface area contributed by atoms with E-state index in [2.05, 4.69) is 36.6 Å². The molecule has 4 heteroatoms. The van der Waals surface area contributed by atoms with Gasteiger partial charge in [0.2, 0.25) is 0 Å². The van der Waals surface area contributed by atoms with E-state index in [0.717, 1.165) is 11.3 Å². The van der Waals surface area contributed by atoms with Crippen LogP contribution in [0.25, 0.3) is 0 Å². The van der Waals surface area contributed by atoms with Gasteiger partial charge in [-0.05, 0) is 30.4 Å². The van der Waals surface area contributed by atoms with Crippen LogP contribution in [0.3, 0.4) is 0 Å². The van der Waals surface area contributed by atoms with Crippen molar-refractivity contribution in [1.82, 2.24) is 5.43 Å². The fraction of sp³-hybridized carbons (Fsp3) is 0.500. The van der Waals surface area contributed by atoms with Crippen LogP contribution >= 0.6 is 11.8 Å². The van der Waals surface area contributed by atoms with Gasteiger partial charge in [0, 0.05) is 11.5 Å². The lowest BCUT2D eigenvalue weighted by atomic mass is 10.1. The molecule has 0 saturated heterocycles. The van der Waals surface area contributed by atoms with E-state index in [-0.39, 0.29) is 6.04 Å². The van der Waals surface area contributed by atoms with E-state index >= 15 is 0 Å². The summed E-state index contributed by atoms with van der Waals surface area (Å²) in [5.74, 6) is 6.60. The largest absolute Gasteiger partial charge is 0.380 e. The van der Waals surface area contributed by atoms with Crippen molar-refractivity contribution in [3.63, 3.8) is 0 Å². The van der Waals surface area contributed by atoms with Crippen molar-refractivity contribution in [3.05, 3.63) is 29.8 Å². The van der Waals surface area contributed by atoms with Gasteiger partial charge in [-0.3, -0.25) is 11.3 Å². The summed E-state index contributed by atoms with van der Waals surface area (Å²) in [5, 5.41) is 0. The molecule has 90 valence electrons. The van der Waals surface area contributed by atoms with Crippen LogP contribution in [0.4, 0.5) is 0 Å². The van der Waals surface area contributed by atoms with Crippen molar-refractivity contribution in [2.24, 2.45) is 5.84 Å². The highest BCUT2D eigenvalue weighted by atomic mass is 32.2. The lowest BCUT2D eigenvalue weighted by molar-refractivity contribution is 0.123. The summed E-state index contributed by atoms with van der Waals surface area (Å²) in [6, 6.07) is 8.52. The van der Waals surface area contributed by atoms with Gasteiger partial charge in [0.05, 0.1) is 12.6 Å². The van der Waals surface area contributed by atoms with Gasteiger partial charge in [0.15, 0.2) is 0 Å². The molecule has 1 rings (SSSR count). The molecule has 1 aromatic rings. The summed E-state index contributed by atoms with van der Waals surface area (Å²) in [7, 11) is 0. The molecule has 0 spiro atoms. The Bertz CT molecular complexity index is 290. The first-order valence-corrected chi connectivity index (χ1v) is 6.57. The normalized spacial score (nSPS) is 12.7. The van der Waals surface area contributed by atoms with E-state index in [9.17, 15) is 0 Å². The molecule has 0 aliphatic heterocycles. The molecule has 0 aromatic heterocycles. The lowest BCUT2D eigenvalue weighted by Gasteiger charge is -2.16. The summed E-state index contributed by atoms with van der Waals surface area (Å²) >= 11 is 1.84.